The highest BCUT2D eigenvalue weighted by Gasteiger charge is 2.25. The van der Waals surface area contributed by atoms with Gasteiger partial charge in [-0.15, -0.1) is 0 Å². The highest BCUT2D eigenvalue weighted by atomic mass is 16.6. The maximum atomic E-state index is 10.8. The number of hydrogen-bond donors (Lipinski definition) is 1. The van der Waals surface area contributed by atoms with Crippen molar-refractivity contribution in [2.24, 2.45) is 0 Å². The Labute approximate surface area is 133 Å². The number of aromatic nitrogens is 3. The van der Waals surface area contributed by atoms with E-state index >= 15 is 0 Å². The topological polar surface area (TPSA) is 97.2 Å². The fourth-order valence-corrected chi connectivity index (χ4v) is 2.91. The number of rotatable bonds is 6. The molecule has 8 nitrogen and oxygen atoms in total. The SMILES string of the molecule is O=[N+]([O-])c1cccc(OCCN2CCCC[C@H]2c2ncn[nH]2)c1. The van der Waals surface area contributed by atoms with Crippen LogP contribution in [0.5, 0.6) is 5.75 Å². The summed E-state index contributed by atoms with van der Waals surface area (Å²) < 4.78 is 5.67. The largest absolute Gasteiger partial charge is 0.492 e. The Balaban J connectivity index is 1.56. The van der Waals surface area contributed by atoms with E-state index < -0.39 is 4.92 Å². The molecule has 1 aromatic carbocycles. The van der Waals surface area contributed by atoms with Gasteiger partial charge in [-0.05, 0) is 25.5 Å². The number of nitro groups is 1. The lowest BCUT2D eigenvalue weighted by atomic mass is 10.0. The highest BCUT2D eigenvalue weighted by Crippen LogP contribution is 2.28. The lowest BCUT2D eigenvalue weighted by Crippen LogP contribution is -2.37. The lowest BCUT2D eigenvalue weighted by Gasteiger charge is -2.34. The predicted octanol–water partition coefficient (Wildman–Crippen LogP) is 2.32. The molecule has 0 unspecified atom stereocenters. The van der Waals surface area contributed by atoms with Gasteiger partial charge in [-0.3, -0.25) is 20.1 Å². The van der Waals surface area contributed by atoms with E-state index in [1.807, 2.05) is 0 Å². The van der Waals surface area contributed by atoms with Gasteiger partial charge in [0, 0.05) is 12.6 Å². The van der Waals surface area contributed by atoms with Gasteiger partial charge in [-0.1, -0.05) is 12.5 Å². The number of aromatic amines is 1. The summed E-state index contributed by atoms with van der Waals surface area (Å²) in [5, 5.41) is 17.6. The van der Waals surface area contributed by atoms with Gasteiger partial charge in [0.2, 0.25) is 0 Å². The van der Waals surface area contributed by atoms with Crippen LogP contribution in [0, 0.1) is 10.1 Å². The minimum atomic E-state index is -0.419. The molecule has 1 saturated heterocycles. The second kappa shape index (κ2) is 7.19. The Hall–Kier alpha value is -2.48. The van der Waals surface area contributed by atoms with Gasteiger partial charge in [0.05, 0.1) is 17.0 Å². The number of hydrogen-bond acceptors (Lipinski definition) is 6. The van der Waals surface area contributed by atoms with Crippen LogP contribution in [0.25, 0.3) is 0 Å². The molecule has 1 fully saturated rings. The van der Waals surface area contributed by atoms with Crippen LogP contribution in [-0.4, -0.2) is 44.7 Å². The number of benzene rings is 1. The number of piperidine rings is 1. The van der Waals surface area contributed by atoms with E-state index in [2.05, 4.69) is 20.1 Å². The summed E-state index contributed by atoms with van der Waals surface area (Å²) in [5.41, 5.74) is 0.0417. The van der Waals surface area contributed by atoms with Crippen LogP contribution in [0.4, 0.5) is 5.69 Å². The summed E-state index contributed by atoms with van der Waals surface area (Å²) in [7, 11) is 0. The Bertz CT molecular complexity index is 646. The summed E-state index contributed by atoms with van der Waals surface area (Å²) in [5.74, 6) is 1.41. The fourth-order valence-electron chi connectivity index (χ4n) is 2.91. The highest BCUT2D eigenvalue weighted by molar-refractivity contribution is 5.37. The monoisotopic (exact) mass is 317 g/mol. The zero-order valence-electron chi connectivity index (χ0n) is 12.7. The van der Waals surface area contributed by atoms with Crippen LogP contribution in [-0.2, 0) is 0 Å². The molecule has 1 aliphatic heterocycles. The van der Waals surface area contributed by atoms with Crippen molar-refractivity contribution in [1.82, 2.24) is 20.1 Å². The summed E-state index contributed by atoms with van der Waals surface area (Å²) in [4.78, 5) is 16.9. The van der Waals surface area contributed by atoms with E-state index in [0.717, 1.165) is 31.8 Å². The molecule has 3 rings (SSSR count). The molecule has 23 heavy (non-hydrogen) atoms. The van der Waals surface area contributed by atoms with Gasteiger partial charge < -0.3 is 4.74 Å². The van der Waals surface area contributed by atoms with Crippen molar-refractivity contribution in [3.63, 3.8) is 0 Å². The summed E-state index contributed by atoms with van der Waals surface area (Å²) in [6.45, 7) is 2.21. The number of non-ortho nitro benzene ring substituents is 1. The molecular weight excluding hydrogens is 298 g/mol. The van der Waals surface area contributed by atoms with Crippen LogP contribution >= 0.6 is 0 Å². The summed E-state index contributed by atoms with van der Waals surface area (Å²) in [6, 6.07) is 6.50. The van der Waals surface area contributed by atoms with Crippen LogP contribution in [0.1, 0.15) is 31.1 Å². The van der Waals surface area contributed by atoms with Crippen molar-refractivity contribution in [3.05, 3.63) is 46.5 Å². The van der Waals surface area contributed by atoms with Crippen molar-refractivity contribution < 1.29 is 9.66 Å². The van der Waals surface area contributed by atoms with Crippen molar-refractivity contribution >= 4 is 5.69 Å². The summed E-state index contributed by atoms with van der Waals surface area (Å²) in [6.07, 6.45) is 4.91. The van der Waals surface area contributed by atoms with Crippen molar-refractivity contribution in [2.75, 3.05) is 19.7 Å². The molecule has 2 aromatic rings. The number of likely N-dealkylation sites (tertiary alicyclic amines) is 1. The van der Waals surface area contributed by atoms with Crippen LogP contribution in [0.3, 0.4) is 0 Å². The Morgan fingerprint density at radius 2 is 2.35 bits per heavy atom. The molecule has 1 N–H and O–H groups in total. The quantitative estimate of drug-likeness (QED) is 0.648. The molecule has 0 bridgehead atoms. The lowest BCUT2D eigenvalue weighted by molar-refractivity contribution is -0.384. The van der Waals surface area contributed by atoms with E-state index in [-0.39, 0.29) is 11.7 Å². The molecule has 1 aliphatic rings. The molecule has 2 heterocycles. The first kappa shape index (κ1) is 15.4. The Kier molecular flexibility index (Phi) is 4.82. The van der Waals surface area contributed by atoms with E-state index in [1.54, 1.807) is 12.1 Å². The second-order valence-electron chi connectivity index (χ2n) is 5.52. The first-order chi connectivity index (χ1) is 11.2. The zero-order chi connectivity index (χ0) is 16.1. The molecule has 0 saturated carbocycles. The van der Waals surface area contributed by atoms with E-state index in [0.29, 0.717) is 12.4 Å². The molecule has 1 atom stereocenters. The van der Waals surface area contributed by atoms with Gasteiger partial charge >= 0.3 is 0 Å². The van der Waals surface area contributed by atoms with Crippen molar-refractivity contribution in [3.8, 4) is 5.75 Å². The minimum absolute atomic E-state index is 0.0417. The maximum Gasteiger partial charge on any atom is 0.273 e. The smallest absolute Gasteiger partial charge is 0.273 e. The van der Waals surface area contributed by atoms with Gasteiger partial charge in [0.25, 0.3) is 5.69 Å². The molecule has 0 spiro atoms. The number of nitrogens with zero attached hydrogens (tertiary/aromatic N) is 4. The molecular formula is C15H19N5O3. The molecule has 0 amide bonds. The average Bonchev–Trinajstić information content (AvgIpc) is 3.10. The van der Waals surface area contributed by atoms with E-state index in [9.17, 15) is 10.1 Å². The third-order valence-electron chi connectivity index (χ3n) is 4.04. The van der Waals surface area contributed by atoms with Crippen LogP contribution in [0.2, 0.25) is 0 Å². The van der Waals surface area contributed by atoms with Crippen molar-refractivity contribution in [2.45, 2.75) is 25.3 Å². The number of H-pyrrole nitrogens is 1. The predicted molar refractivity (Wildman–Crippen MR) is 83.1 cm³/mol. The van der Waals surface area contributed by atoms with Crippen LogP contribution in [0.15, 0.2) is 30.6 Å². The molecule has 122 valence electrons. The van der Waals surface area contributed by atoms with Gasteiger partial charge in [-0.25, -0.2) is 4.98 Å². The minimum Gasteiger partial charge on any atom is -0.492 e. The van der Waals surface area contributed by atoms with Crippen molar-refractivity contribution in [1.29, 1.82) is 0 Å². The molecule has 0 aliphatic carbocycles. The normalized spacial score (nSPS) is 18.7. The van der Waals surface area contributed by atoms with Gasteiger partial charge in [0.1, 0.15) is 24.5 Å². The Morgan fingerprint density at radius 1 is 1.43 bits per heavy atom. The first-order valence-electron chi connectivity index (χ1n) is 7.70. The summed E-state index contributed by atoms with van der Waals surface area (Å²) >= 11 is 0. The third kappa shape index (κ3) is 3.84. The van der Waals surface area contributed by atoms with E-state index in [4.69, 9.17) is 4.74 Å². The standard InChI is InChI=1S/C15H19N5O3/c21-20(22)12-4-3-5-13(10-12)23-9-8-19-7-2-1-6-14(19)15-16-11-17-18-15/h3-5,10-11,14H,1-2,6-9H2,(H,16,17,18)/t14-/m0/s1. The maximum absolute atomic E-state index is 10.8. The first-order valence-corrected chi connectivity index (χ1v) is 7.70. The zero-order valence-corrected chi connectivity index (χ0v) is 12.7. The number of ether oxygens (including phenoxy) is 1. The Morgan fingerprint density at radius 3 is 3.13 bits per heavy atom. The molecule has 1 aromatic heterocycles. The fraction of sp³-hybridized carbons (Fsp3) is 0.467. The molecule has 8 heteroatoms. The number of nitro benzene ring substituents is 1. The second-order valence-corrected chi connectivity index (χ2v) is 5.52. The number of nitrogens with one attached hydrogen (secondary N) is 1. The molecule has 0 radical (unpaired) electrons. The van der Waals surface area contributed by atoms with Gasteiger partial charge in [-0.2, -0.15) is 5.10 Å². The van der Waals surface area contributed by atoms with Crippen LogP contribution < -0.4 is 4.74 Å². The van der Waals surface area contributed by atoms with E-state index in [1.165, 1.54) is 24.9 Å². The van der Waals surface area contributed by atoms with Gasteiger partial charge in [0.15, 0.2) is 0 Å². The third-order valence-corrected chi connectivity index (χ3v) is 4.04. The average molecular weight is 317 g/mol.